The quantitative estimate of drug-likeness (QED) is 0.519. The second-order valence-electron chi connectivity index (χ2n) is 7.62. The van der Waals surface area contributed by atoms with E-state index < -0.39 is 0 Å². The Morgan fingerprint density at radius 3 is 2.55 bits per heavy atom. The van der Waals surface area contributed by atoms with Crippen LogP contribution in [0.25, 0.3) is 0 Å². The number of hydrogen-bond acceptors (Lipinski definition) is 5. The van der Waals surface area contributed by atoms with E-state index in [2.05, 4.69) is 25.4 Å². The summed E-state index contributed by atoms with van der Waals surface area (Å²) in [6.45, 7) is 3.86. The summed E-state index contributed by atoms with van der Waals surface area (Å²) in [6.07, 6.45) is 2.26. The van der Waals surface area contributed by atoms with Gasteiger partial charge in [0.05, 0.1) is 23.0 Å². The first-order valence-corrected chi connectivity index (χ1v) is 11.3. The highest BCUT2D eigenvalue weighted by molar-refractivity contribution is 7.99. The molecule has 7 nitrogen and oxygen atoms in total. The first-order chi connectivity index (χ1) is 15.0. The Morgan fingerprint density at radius 2 is 1.81 bits per heavy atom. The number of carbonyl (C=O) groups is 2. The summed E-state index contributed by atoms with van der Waals surface area (Å²) in [5.41, 5.74) is 1.94. The normalized spacial score (nSPS) is 14.1. The van der Waals surface area contributed by atoms with Gasteiger partial charge in [0.2, 0.25) is 5.91 Å². The smallest absolute Gasteiger partial charge is 0.253 e. The summed E-state index contributed by atoms with van der Waals surface area (Å²) in [5, 5.41) is 15.0. The molecule has 8 heteroatoms. The maximum Gasteiger partial charge on any atom is 0.253 e. The predicted octanol–water partition coefficient (Wildman–Crippen LogP) is 4.14. The van der Waals surface area contributed by atoms with Gasteiger partial charge in [-0.2, -0.15) is 0 Å². The van der Waals surface area contributed by atoms with Crippen LogP contribution in [0.3, 0.4) is 0 Å². The van der Waals surface area contributed by atoms with E-state index in [-0.39, 0.29) is 23.6 Å². The number of nitrogens with zero attached hydrogens (tertiary/aromatic N) is 3. The number of para-hydroxylation sites is 1. The van der Waals surface area contributed by atoms with Crippen LogP contribution in [0.1, 0.15) is 53.6 Å². The van der Waals surface area contributed by atoms with E-state index in [4.69, 9.17) is 0 Å². The van der Waals surface area contributed by atoms with E-state index in [1.165, 1.54) is 11.8 Å². The molecule has 2 amide bonds. The van der Waals surface area contributed by atoms with Gasteiger partial charge in [-0.25, -0.2) is 0 Å². The Kier molecular flexibility index (Phi) is 6.36. The van der Waals surface area contributed by atoms with Crippen molar-refractivity contribution in [2.75, 3.05) is 11.1 Å². The number of hydrogen-bond donors (Lipinski definition) is 2. The third kappa shape index (κ3) is 5.14. The number of nitrogens with one attached hydrogen (secondary N) is 2. The van der Waals surface area contributed by atoms with E-state index in [0.717, 1.165) is 29.4 Å². The summed E-state index contributed by atoms with van der Waals surface area (Å²) in [7, 11) is 0. The predicted molar refractivity (Wildman–Crippen MR) is 121 cm³/mol. The Labute approximate surface area is 185 Å². The molecule has 1 saturated carbocycles. The van der Waals surface area contributed by atoms with Gasteiger partial charge in [-0.05, 0) is 44.4 Å². The maximum absolute atomic E-state index is 12.9. The molecule has 1 unspecified atom stereocenters. The van der Waals surface area contributed by atoms with Crippen molar-refractivity contribution in [2.24, 2.45) is 0 Å². The number of carbonyl (C=O) groups excluding carboxylic acids is 2. The topological polar surface area (TPSA) is 88.9 Å². The first kappa shape index (κ1) is 21.1. The minimum Gasteiger partial charge on any atom is -0.345 e. The molecule has 2 aromatic carbocycles. The fraction of sp³-hybridized carbons (Fsp3) is 0.304. The van der Waals surface area contributed by atoms with Crippen LogP contribution >= 0.6 is 11.8 Å². The van der Waals surface area contributed by atoms with Crippen molar-refractivity contribution in [1.29, 1.82) is 0 Å². The molecule has 1 aliphatic carbocycles. The number of thioether (sulfide) groups is 1. The van der Waals surface area contributed by atoms with Crippen molar-refractivity contribution in [3.8, 4) is 0 Å². The standard InChI is InChI=1S/C23H25N5O2S/c1-15(17-8-4-3-5-9-17)24-22(30)19-10-6-7-11-20(19)25-21(29)14-31-23-27-26-16(2)28(23)18-12-13-18/h3-11,15,18H,12-14H2,1-2H3,(H,24,30)(H,25,29). The molecule has 0 bridgehead atoms. The van der Waals surface area contributed by atoms with Crippen LogP contribution in [0, 0.1) is 6.92 Å². The van der Waals surface area contributed by atoms with E-state index in [9.17, 15) is 9.59 Å². The molecule has 2 N–H and O–H groups in total. The van der Waals surface area contributed by atoms with E-state index in [1.54, 1.807) is 24.3 Å². The molecule has 160 valence electrons. The number of rotatable bonds is 8. The van der Waals surface area contributed by atoms with Crippen LogP contribution in [0.2, 0.25) is 0 Å². The second-order valence-corrected chi connectivity index (χ2v) is 8.56. The number of anilines is 1. The molecule has 3 aromatic rings. The molecule has 4 rings (SSSR count). The summed E-state index contributed by atoms with van der Waals surface area (Å²) in [4.78, 5) is 25.4. The Bertz CT molecular complexity index is 1080. The number of aromatic nitrogens is 3. The highest BCUT2D eigenvalue weighted by Gasteiger charge is 2.28. The third-order valence-electron chi connectivity index (χ3n) is 5.17. The monoisotopic (exact) mass is 435 g/mol. The van der Waals surface area contributed by atoms with Gasteiger partial charge in [0.25, 0.3) is 5.91 Å². The molecule has 0 radical (unpaired) electrons. The lowest BCUT2D eigenvalue weighted by Crippen LogP contribution is -2.28. The highest BCUT2D eigenvalue weighted by atomic mass is 32.2. The lowest BCUT2D eigenvalue weighted by atomic mass is 10.1. The van der Waals surface area contributed by atoms with Gasteiger partial charge in [-0.15, -0.1) is 10.2 Å². The zero-order valence-electron chi connectivity index (χ0n) is 17.5. The Hall–Kier alpha value is -3.13. The third-order valence-corrected chi connectivity index (χ3v) is 6.12. The fourth-order valence-corrected chi connectivity index (χ4v) is 4.26. The van der Waals surface area contributed by atoms with Crippen molar-refractivity contribution in [1.82, 2.24) is 20.1 Å². The van der Waals surface area contributed by atoms with Crippen LogP contribution < -0.4 is 10.6 Å². The minimum absolute atomic E-state index is 0.148. The second kappa shape index (κ2) is 9.34. The van der Waals surface area contributed by atoms with Crippen molar-refractivity contribution in [2.45, 2.75) is 43.9 Å². The summed E-state index contributed by atoms with van der Waals surface area (Å²) >= 11 is 1.36. The molecule has 1 fully saturated rings. The van der Waals surface area contributed by atoms with E-state index >= 15 is 0 Å². The number of aryl methyl sites for hydroxylation is 1. The van der Waals surface area contributed by atoms with Crippen LogP contribution in [0.4, 0.5) is 5.69 Å². The van der Waals surface area contributed by atoms with Gasteiger partial charge in [-0.1, -0.05) is 54.2 Å². The SMILES string of the molecule is Cc1nnc(SCC(=O)Nc2ccccc2C(=O)NC(C)c2ccccc2)n1C1CC1. The molecule has 31 heavy (non-hydrogen) atoms. The summed E-state index contributed by atoms with van der Waals surface area (Å²) in [6, 6.07) is 17.1. The molecule has 1 atom stereocenters. The molecule has 1 aliphatic rings. The molecule has 1 heterocycles. The molecule has 0 aliphatic heterocycles. The van der Waals surface area contributed by atoms with Crippen molar-refractivity contribution in [3.05, 3.63) is 71.5 Å². The number of amides is 2. The lowest BCUT2D eigenvalue weighted by molar-refractivity contribution is -0.113. The van der Waals surface area contributed by atoms with Gasteiger partial charge >= 0.3 is 0 Å². The minimum atomic E-state index is -0.232. The van der Waals surface area contributed by atoms with Crippen molar-refractivity contribution < 1.29 is 9.59 Å². The summed E-state index contributed by atoms with van der Waals surface area (Å²) in [5.74, 6) is 0.648. The van der Waals surface area contributed by atoms with Crippen molar-refractivity contribution >= 4 is 29.3 Å². The molecule has 0 saturated heterocycles. The fourth-order valence-electron chi connectivity index (χ4n) is 3.41. The molecule has 1 aromatic heterocycles. The van der Waals surface area contributed by atoms with Gasteiger partial charge < -0.3 is 15.2 Å². The Morgan fingerprint density at radius 1 is 1.10 bits per heavy atom. The van der Waals surface area contributed by atoms with Gasteiger partial charge in [0.1, 0.15) is 5.82 Å². The molecular weight excluding hydrogens is 410 g/mol. The highest BCUT2D eigenvalue weighted by Crippen LogP contribution is 2.38. The van der Waals surface area contributed by atoms with E-state index in [0.29, 0.717) is 17.3 Å². The van der Waals surface area contributed by atoms with Gasteiger partial charge in [0, 0.05) is 6.04 Å². The summed E-state index contributed by atoms with van der Waals surface area (Å²) < 4.78 is 2.10. The largest absolute Gasteiger partial charge is 0.345 e. The van der Waals surface area contributed by atoms with Crippen LogP contribution in [0.5, 0.6) is 0 Å². The average molecular weight is 436 g/mol. The zero-order chi connectivity index (χ0) is 21.8. The van der Waals surface area contributed by atoms with Gasteiger partial charge in [0.15, 0.2) is 5.16 Å². The van der Waals surface area contributed by atoms with Crippen LogP contribution in [-0.4, -0.2) is 32.3 Å². The Balaban J connectivity index is 1.39. The maximum atomic E-state index is 12.9. The van der Waals surface area contributed by atoms with Gasteiger partial charge in [-0.3, -0.25) is 9.59 Å². The number of benzene rings is 2. The average Bonchev–Trinajstić information content (AvgIpc) is 3.55. The molecular formula is C23H25N5O2S. The molecule has 0 spiro atoms. The van der Waals surface area contributed by atoms with Crippen molar-refractivity contribution in [3.63, 3.8) is 0 Å². The first-order valence-electron chi connectivity index (χ1n) is 10.3. The van der Waals surface area contributed by atoms with Crippen LogP contribution in [0.15, 0.2) is 59.8 Å². The van der Waals surface area contributed by atoms with E-state index in [1.807, 2.05) is 44.2 Å². The van der Waals surface area contributed by atoms with Crippen LogP contribution in [-0.2, 0) is 4.79 Å². The lowest BCUT2D eigenvalue weighted by Gasteiger charge is -2.16. The zero-order valence-corrected chi connectivity index (χ0v) is 18.4.